The minimum absolute atomic E-state index is 0.0221. The molecular weight excluding hydrogens is 394 g/mol. The van der Waals surface area contributed by atoms with E-state index in [2.05, 4.69) is 43.5 Å². The van der Waals surface area contributed by atoms with Crippen LogP contribution in [0.15, 0.2) is 47.1 Å². The first-order valence-electron chi connectivity index (χ1n) is 10.5. The zero-order chi connectivity index (χ0) is 21.6. The Morgan fingerprint density at radius 3 is 2.90 bits per heavy atom. The van der Waals surface area contributed by atoms with E-state index in [0.717, 1.165) is 42.8 Å². The highest BCUT2D eigenvalue weighted by Crippen LogP contribution is 2.22. The highest BCUT2D eigenvalue weighted by Gasteiger charge is 2.31. The minimum Gasteiger partial charge on any atom is -0.467 e. The Morgan fingerprint density at radius 2 is 2.10 bits per heavy atom. The lowest BCUT2D eigenvalue weighted by atomic mass is 10.1. The van der Waals surface area contributed by atoms with Crippen molar-refractivity contribution in [2.45, 2.75) is 45.3 Å². The minimum atomic E-state index is -0.231. The molecule has 1 atom stereocenters. The van der Waals surface area contributed by atoms with E-state index in [0.29, 0.717) is 24.9 Å². The van der Waals surface area contributed by atoms with E-state index in [1.807, 2.05) is 24.3 Å². The number of nitrogens with one attached hydrogen (secondary N) is 2. The summed E-state index contributed by atoms with van der Waals surface area (Å²) in [5, 5.41) is 6.20. The van der Waals surface area contributed by atoms with Crippen LogP contribution in [0.2, 0.25) is 0 Å². The Bertz CT molecular complexity index is 1020. The van der Waals surface area contributed by atoms with Crippen molar-refractivity contribution in [1.29, 1.82) is 0 Å². The number of aryl methyl sites for hydroxylation is 1. The molecule has 9 nitrogen and oxygen atoms in total. The third kappa shape index (κ3) is 5.18. The van der Waals surface area contributed by atoms with Crippen molar-refractivity contribution in [3.8, 4) is 0 Å². The van der Waals surface area contributed by atoms with E-state index in [4.69, 9.17) is 10.2 Å². The van der Waals surface area contributed by atoms with Gasteiger partial charge in [-0.15, -0.1) is 0 Å². The van der Waals surface area contributed by atoms with Gasteiger partial charge in [0.25, 0.3) is 0 Å². The Balaban J connectivity index is 1.43. The van der Waals surface area contributed by atoms with Gasteiger partial charge in [-0.1, -0.05) is 25.1 Å². The van der Waals surface area contributed by atoms with E-state index in [9.17, 15) is 4.79 Å². The molecule has 2 aromatic heterocycles. The van der Waals surface area contributed by atoms with Crippen LogP contribution in [0.3, 0.4) is 0 Å². The highest BCUT2D eigenvalue weighted by atomic mass is 16.3. The predicted octanol–water partition coefficient (Wildman–Crippen LogP) is 2.63. The quantitative estimate of drug-likeness (QED) is 0.507. The molecule has 1 aromatic carbocycles. The molecule has 3 heterocycles. The number of anilines is 3. The van der Waals surface area contributed by atoms with Crippen LogP contribution in [0.5, 0.6) is 0 Å². The molecule has 1 saturated heterocycles. The number of hydrogen-bond acceptors (Lipinski definition) is 8. The van der Waals surface area contributed by atoms with Gasteiger partial charge in [0.2, 0.25) is 17.8 Å². The number of para-hydroxylation sites is 1. The van der Waals surface area contributed by atoms with Gasteiger partial charge in [0.05, 0.1) is 25.4 Å². The Kier molecular flexibility index (Phi) is 6.42. The maximum absolute atomic E-state index is 12.7. The lowest BCUT2D eigenvalue weighted by Crippen LogP contribution is -2.42. The number of nitrogen functional groups attached to an aromatic ring is 1. The predicted molar refractivity (Wildman–Crippen MR) is 117 cm³/mol. The molecule has 0 aliphatic carbocycles. The van der Waals surface area contributed by atoms with Crippen LogP contribution >= 0.6 is 0 Å². The number of aromatic nitrogens is 3. The third-order valence-electron chi connectivity index (χ3n) is 5.37. The summed E-state index contributed by atoms with van der Waals surface area (Å²) >= 11 is 0. The first kappa shape index (κ1) is 20.8. The molecule has 0 radical (unpaired) electrons. The van der Waals surface area contributed by atoms with Crippen LogP contribution in [0.4, 0.5) is 17.6 Å². The first-order chi connectivity index (χ1) is 15.1. The van der Waals surface area contributed by atoms with Crippen LogP contribution in [0, 0.1) is 0 Å². The topological polar surface area (TPSA) is 122 Å². The lowest BCUT2D eigenvalue weighted by Gasteiger charge is -2.23. The van der Waals surface area contributed by atoms with E-state index in [-0.39, 0.29) is 17.9 Å². The summed E-state index contributed by atoms with van der Waals surface area (Å²) in [5.41, 5.74) is 8.05. The van der Waals surface area contributed by atoms with Crippen molar-refractivity contribution in [2.75, 3.05) is 17.6 Å². The zero-order valence-corrected chi connectivity index (χ0v) is 17.5. The Labute approximate surface area is 181 Å². The van der Waals surface area contributed by atoms with Crippen molar-refractivity contribution in [2.24, 2.45) is 0 Å². The van der Waals surface area contributed by atoms with E-state index in [1.165, 1.54) is 0 Å². The van der Waals surface area contributed by atoms with Gasteiger partial charge >= 0.3 is 0 Å². The standard InChI is InChI=1S/C22H27N7O2/c1-2-15-7-3-4-9-17(15)25-22-27-19(26-21(23)28-22)14-29-11-5-10-18(29)20(30)24-13-16-8-6-12-31-16/h3-4,6-9,12,18H,2,5,10-11,13-14H2,1H3,(H,24,30)(H3,23,25,26,27,28). The second kappa shape index (κ2) is 9.57. The van der Waals surface area contributed by atoms with Gasteiger partial charge in [0.1, 0.15) is 11.6 Å². The number of benzene rings is 1. The zero-order valence-electron chi connectivity index (χ0n) is 17.5. The number of furan rings is 1. The molecule has 0 bridgehead atoms. The summed E-state index contributed by atoms with van der Waals surface area (Å²) in [7, 11) is 0. The number of amides is 1. The van der Waals surface area contributed by atoms with Crippen molar-refractivity contribution in [3.05, 3.63) is 59.8 Å². The lowest BCUT2D eigenvalue weighted by molar-refractivity contribution is -0.125. The highest BCUT2D eigenvalue weighted by molar-refractivity contribution is 5.81. The number of nitrogens with two attached hydrogens (primary N) is 1. The van der Waals surface area contributed by atoms with Gasteiger partial charge in [0, 0.05) is 5.69 Å². The van der Waals surface area contributed by atoms with Gasteiger partial charge in [-0.3, -0.25) is 9.69 Å². The van der Waals surface area contributed by atoms with Crippen LogP contribution in [-0.2, 0) is 24.3 Å². The fraction of sp³-hybridized carbons (Fsp3) is 0.364. The SMILES string of the molecule is CCc1ccccc1Nc1nc(N)nc(CN2CCCC2C(=O)NCc2ccco2)n1. The molecule has 9 heteroatoms. The number of carbonyl (C=O) groups is 1. The van der Waals surface area contributed by atoms with Crippen molar-refractivity contribution < 1.29 is 9.21 Å². The fourth-order valence-corrected chi connectivity index (χ4v) is 3.83. The first-order valence-corrected chi connectivity index (χ1v) is 10.5. The average Bonchev–Trinajstić information content (AvgIpc) is 3.44. The summed E-state index contributed by atoms with van der Waals surface area (Å²) in [4.78, 5) is 27.8. The van der Waals surface area contributed by atoms with Crippen molar-refractivity contribution >= 4 is 23.5 Å². The average molecular weight is 422 g/mol. The van der Waals surface area contributed by atoms with Crippen LogP contribution in [0.1, 0.15) is 36.9 Å². The van der Waals surface area contributed by atoms with Gasteiger partial charge in [-0.25, -0.2) is 0 Å². The Hall–Kier alpha value is -3.46. The molecule has 0 saturated carbocycles. The molecule has 1 fully saturated rings. The molecule has 1 aliphatic rings. The molecule has 162 valence electrons. The van der Waals surface area contributed by atoms with Gasteiger partial charge in [-0.05, 0) is 49.6 Å². The van der Waals surface area contributed by atoms with Crippen LogP contribution < -0.4 is 16.4 Å². The molecule has 1 unspecified atom stereocenters. The van der Waals surface area contributed by atoms with Crippen molar-refractivity contribution in [1.82, 2.24) is 25.2 Å². The molecule has 1 amide bonds. The molecular formula is C22H27N7O2. The summed E-state index contributed by atoms with van der Waals surface area (Å²) in [6.07, 6.45) is 4.21. The van der Waals surface area contributed by atoms with Crippen LogP contribution in [0.25, 0.3) is 0 Å². The van der Waals surface area contributed by atoms with Crippen LogP contribution in [-0.4, -0.2) is 38.3 Å². The summed E-state index contributed by atoms with van der Waals surface area (Å²) in [5.74, 6) is 1.80. The maximum atomic E-state index is 12.7. The fourth-order valence-electron chi connectivity index (χ4n) is 3.83. The summed E-state index contributed by atoms with van der Waals surface area (Å²) in [6.45, 7) is 3.69. The number of carbonyl (C=O) groups excluding carboxylic acids is 1. The largest absolute Gasteiger partial charge is 0.467 e. The number of hydrogen-bond donors (Lipinski definition) is 3. The molecule has 1 aliphatic heterocycles. The van der Waals surface area contributed by atoms with E-state index in [1.54, 1.807) is 12.3 Å². The number of rotatable bonds is 8. The van der Waals surface area contributed by atoms with Crippen molar-refractivity contribution in [3.63, 3.8) is 0 Å². The molecule has 4 rings (SSSR count). The van der Waals surface area contributed by atoms with Gasteiger partial charge in [0.15, 0.2) is 0 Å². The molecule has 4 N–H and O–H groups in total. The Morgan fingerprint density at radius 1 is 1.23 bits per heavy atom. The molecule has 3 aromatic rings. The van der Waals surface area contributed by atoms with E-state index >= 15 is 0 Å². The van der Waals surface area contributed by atoms with E-state index < -0.39 is 0 Å². The molecule has 31 heavy (non-hydrogen) atoms. The normalized spacial score (nSPS) is 16.4. The molecule has 0 spiro atoms. The summed E-state index contributed by atoms with van der Waals surface area (Å²) in [6, 6.07) is 11.4. The van der Waals surface area contributed by atoms with Gasteiger partial charge < -0.3 is 20.8 Å². The summed E-state index contributed by atoms with van der Waals surface area (Å²) < 4.78 is 5.28. The number of likely N-dealkylation sites (tertiary alicyclic amines) is 1. The maximum Gasteiger partial charge on any atom is 0.237 e. The second-order valence-corrected chi connectivity index (χ2v) is 7.49. The second-order valence-electron chi connectivity index (χ2n) is 7.49. The monoisotopic (exact) mass is 421 g/mol. The smallest absolute Gasteiger partial charge is 0.237 e. The number of nitrogens with zero attached hydrogens (tertiary/aromatic N) is 4. The third-order valence-corrected chi connectivity index (χ3v) is 5.37. The van der Waals surface area contributed by atoms with Gasteiger partial charge in [-0.2, -0.15) is 15.0 Å².